The Morgan fingerprint density at radius 2 is 2.00 bits per heavy atom. The number of ether oxygens (including phenoxy) is 1. The average Bonchev–Trinajstić information content (AvgIpc) is 2.96. The van der Waals surface area contributed by atoms with Crippen molar-refractivity contribution < 1.29 is 9.53 Å². The molecule has 2 rings (SSSR count). The van der Waals surface area contributed by atoms with Gasteiger partial charge in [-0.1, -0.05) is 20.8 Å². The highest BCUT2D eigenvalue weighted by Crippen LogP contribution is 2.32. The standard InChI is InChI=1S/C18H25N3O2S/c1-18(2,3)17(13-10-19-21(4)11-13)20-16(22)12-24-15-8-6-14(23-5)7-9-15/h6-11,17H,12H2,1-5H3,(H,20,22)/t17-/m0/s1. The van der Waals surface area contributed by atoms with Crippen molar-refractivity contribution in [3.8, 4) is 5.75 Å². The van der Waals surface area contributed by atoms with Gasteiger partial charge in [-0.25, -0.2) is 0 Å². The molecule has 0 radical (unpaired) electrons. The van der Waals surface area contributed by atoms with E-state index in [9.17, 15) is 4.79 Å². The molecule has 6 heteroatoms. The summed E-state index contributed by atoms with van der Waals surface area (Å²) in [7, 11) is 3.52. The first kappa shape index (κ1) is 18.4. The lowest BCUT2D eigenvalue weighted by molar-refractivity contribution is -0.120. The third-order valence-electron chi connectivity index (χ3n) is 3.66. The number of carbonyl (C=O) groups excluding carboxylic acids is 1. The molecule has 1 aromatic carbocycles. The first-order valence-electron chi connectivity index (χ1n) is 7.84. The number of hydrogen-bond acceptors (Lipinski definition) is 4. The highest BCUT2D eigenvalue weighted by atomic mass is 32.2. The number of hydrogen-bond donors (Lipinski definition) is 1. The van der Waals surface area contributed by atoms with Gasteiger partial charge in [0, 0.05) is 23.7 Å². The maximum absolute atomic E-state index is 12.4. The summed E-state index contributed by atoms with van der Waals surface area (Å²) in [4.78, 5) is 13.4. The smallest absolute Gasteiger partial charge is 0.230 e. The second-order valence-electron chi connectivity index (χ2n) is 6.78. The predicted octanol–water partition coefficient (Wildman–Crippen LogP) is 3.42. The summed E-state index contributed by atoms with van der Waals surface area (Å²) in [5.74, 6) is 1.20. The van der Waals surface area contributed by atoms with E-state index < -0.39 is 0 Å². The van der Waals surface area contributed by atoms with Crippen LogP contribution in [-0.4, -0.2) is 28.6 Å². The molecule has 1 atom stereocenters. The lowest BCUT2D eigenvalue weighted by Gasteiger charge is -2.30. The minimum atomic E-state index is -0.0938. The third kappa shape index (κ3) is 5.03. The monoisotopic (exact) mass is 347 g/mol. The Bertz CT molecular complexity index is 674. The summed E-state index contributed by atoms with van der Waals surface area (Å²) in [6.45, 7) is 6.34. The predicted molar refractivity (Wildman–Crippen MR) is 97.3 cm³/mol. The number of benzene rings is 1. The summed E-state index contributed by atoms with van der Waals surface area (Å²) >= 11 is 1.51. The van der Waals surface area contributed by atoms with Crippen LogP contribution in [0.4, 0.5) is 0 Å². The Morgan fingerprint density at radius 3 is 2.50 bits per heavy atom. The topological polar surface area (TPSA) is 56.1 Å². The molecular weight excluding hydrogens is 322 g/mol. The molecule has 0 saturated heterocycles. The number of nitrogens with zero attached hydrogens (tertiary/aromatic N) is 2. The second-order valence-corrected chi connectivity index (χ2v) is 7.83. The molecule has 130 valence electrons. The van der Waals surface area contributed by atoms with E-state index in [-0.39, 0.29) is 17.4 Å². The Morgan fingerprint density at radius 1 is 1.33 bits per heavy atom. The molecule has 1 N–H and O–H groups in total. The van der Waals surface area contributed by atoms with Crippen molar-refractivity contribution in [3.05, 3.63) is 42.2 Å². The summed E-state index contributed by atoms with van der Waals surface area (Å²) in [6, 6.07) is 7.63. The van der Waals surface area contributed by atoms with Crippen molar-refractivity contribution in [1.29, 1.82) is 0 Å². The minimum absolute atomic E-state index is 0.0135. The molecule has 0 saturated carbocycles. The Balaban J connectivity index is 1.97. The van der Waals surface area contributed by atoms with Crippen LogP contribution in [0.5, 0.6) is 5.75 Å². The normalized spacial score (nSPS) is 12.7. The number of aryl methyl sites for hydroxylation is 1. The number of rotatable bonds is 6. The molecule has 1 aromatic heterocycles. The van der Waals surface area contributed by atoms with Crippen molar-refractivity contribution in [1.82, 2.24) is 15.1 Å². The van der Waals surface area contributed by atoms with Crippen molar-refractivity contribution >= 4 is 17.7 Å². The van der Waals surface area contributed by atoms with E-state index in [2.05, 4.69) is 31.2 Å². The summed E-state index contributed by atoms with van der Waals surface area (Å²) in [5, 5.41) is 7.36. The molecular formula is C18H25N3O2S. The van der Waals surface area contributed by atoms with Crippen molar-refractivity contribution in [3.63, 3.8) is 0 Å². The van der Waals surface area contributed by atoms with Crippen LogP contribution >= 0.6 is 11.8 Å². The van der Waals surface area contributed by atoms with Crippen LogP contribution < -0.4 is 10.1 Å². The van der Waals surface area contributed by atoms with E-state index in [0.717, 1.165) is 16.2 Å². The Hall–Kier alpha value is -1.95. The first-order chi connectivity index (χ1) is 11.3. The number of carbonyl (C=O) groups is 1. The number of thioether (sulfide) groups is 1. The lowest BCUT2D eigenvalue weighted by atomic mass is 9.83. The fourth-order valence-corrected chi connectivity index (χ4v) is 3.12. The van der Waals surface area contributed by atoms with Gasteiger partial charge in [0.05, 0.1) is 25.1 Å². The van der Waals surface area contributed by atoms with E-state index in [1.54, 1.807) is 11.8 Å². The SMILES string of the molecule is COc1ccc(SCC(=O)N[C@@H](c2cnn(C)c2)C(C)(C)C)cc1. The van der Waals surface area contributed by atoms with Crippen LogP contribution in [0.3, 0.4) is 0 Å². The van der Waals surface area contributed by atoms with E-state index in [1.165, 1.54) is 11.8 Å². The van der Waals surface area contributed by atoms with E-state index in [4.69, 9.17) is 4.74 Å². The number of nitrogens with one attached hydrogen (secondary N) is 1. The average molecular weight is 347 g/mol. The van der Waals surface area contributed by atoms with Gasteiger partial charge in [0.25, 0.3) is 0 Å². The van der Waals surface area contributed by atoms with Crippen LogP contribution in [0.25, 0.3) is 0 Å². The molecule has 0 aliphatic heterocycles. The minimum Gasteiger partial charge on any atom is -0.497 e. The Labute approximate surface area is 147 Å². The van der Waals surface area contributed by atoms with E-state index in [0.29, 0.717) is 5.75 Å². The molecule has 2 aromatic rings. The fourth-order valence-electron chi connectivity index (χ4n) is 2.41. The molecule has 0 fully saturated rings. The number of methoxy groups -OCH3 is 1. The van der Waals surface area contributed by atoms with Crippen LogP contribution in [0.15, 0.2) is 41.6 Å². The van der Waals surface area contributed by atoms with Gasteiger partial charge in [-0.05, 0) is 29.7 Å². The van der Waals surface area contributed by atoms with E-state index >= 15 is 0 Å². The molecule has 0 aliphatic carbocycles. The molecule has 0 bridgehead atoms. The summed E-state index contributed by atoms with van der Waals surface area (Å²) < 4.78 is 6.90. The highest BCUT2D eigenvalue weighted by molar-refractivity contribution is 8.00. The van der Waals surface area contributed by atoms with Gasteiger partial charge in [-0.3, -0.25) is 9.48 Å². The second kappa shape index (κ2) is 7.75. The molecule has 1 heterocycles. The quantitative estimate of drug-likeness (QED) is 0.814. The zero-order valence-corrected chi connectivity index (χ0v) is 15.7. The summed E-state index contributed by atoms with van der Waals surface area (Å²) in [6.07, 6.45) is 3.76. The maximum atomic E-state index is 12.4. The number of aromatic nitrogens is 2. The van der Waals surface area contributed by atoms with Crippen molar-refractivity contribution in [2.45, 2.75) is 31.7 Å². The van der Waals surface area contributed by atoms with Crippen molar-refractivity contribution in [2.75, 3.05) is 12.9 Å². The van der Waals surface area contributed by atoms with Gasteiger partial charge in [-0.15, -0.1) is 11.8 Å². The van der Waals surface area contributed by atoms with E-state index in [1.807, 2.05) is 43.7 Å². The molecule has 1 amide bonds. The van der Waals surface area contributed by atoms with Gasteiger partial charge in [-0.2, -0.15) is 5.10 Å². The van der Waals surface area contributed by atoms with Gasteiger partial charge >= 0.3 is 0 Å². The number of amides is 1. The first-order valence-corrected chi connectivity index (χ1v) is 8.83. The van der Waals surface area contributed by atoms with Crippen LogP contribution in [0, 0.1) is 5.41 Å². The van der Waals surface area contributed by atoms with Gasteiger partial charge < -0.3 is 10.1 Å². The van der Waals surface area contributed by atoms with Crippen LogP contribution in [-0.2, 0) is 11.8 Å². The molecule has 24 heavy (non-hydrogen) atoms. The maximum Gasteiger partial charge on any atom is 0.230 e. The molecule has 0 unspecified atom stereocenters. The van der Waals surface area contributed by atoms with Crippen LogP contribution in [0.1, 0.15) is 32.4 Å². The Kier molecular flexibility index (Phi) is 5.94. The molecule has 5 nitrogen and oxygen atoms in total. The zero-order chi connectivity index (χ0) is 17.7. The van der Waals surface area contributed by atoms with Gasteiger partial charge in [0.2, 0.25) is 5.91 Å². The lowest BCUT2D eigenvalue weighted by Crippen LogP contribution is -2.37. The highest BCUT2D eigenvalue weighted by Gasteiger charge is 2.28. The van der Waals surface area contributed by atoms with Crippen LogP contribution in [0.2, 0.25) is 0 Å². The fraction of sp³-hybridized carbons (Fsp3) is 0.444. The van der Waals surface area contributed by atoms with Crippen molar-refractivity contribution in [2.24, 2.45) is 12.5 Å². The molecule has 0 spiro atoms. The largest absolute Gasteiger partial charge is 0.497 e. The summed E-state index contributed by atoms with van der Waals surface area (Å²) in [5.41, 5.74) is 0.927. The van der Waals surface area contributed by atoms with Gasteiger partial charge in [0.1, 0.15) is 5.75 Å². The molecule has 0 aliphatic rings. The third-order valence-corrected chi connectivity index (χ3v) is 4.67. The van der Waals surface area contributed by atoms with Gasteiger partial charge in [0.15, 0.2) is 0 Å². The zero-order valence-electron chi connectivity index (χ0n) is 14.9.